The summed E-state index contributed by atoms with van der Waals surface area (Å²) in [5, 5.41) is 4.88. The molecule has 0 N–H and O–H groups in total. The van der Waals surface area contributed by atoms with Gasteiger partial charge < -0.3 is 4.90 Å². The smallest absolute Gasteiger partial charge is 0.199 e. The predicted molar refractivity (Wildman–Crippen MR) is 111 cm³/mol. The summed E-state index contributed by atoms with van der Waals surface area (Å²) in [6, 6.07) is 8.64. The highest BCUT2D eigenvalue weighted by Gasteiger charge is 2.29. The van der Waals surface area contributed by atoms with Crippen molar-refractivity contribution in [1.82, 2.24) is 29.2 Å². The van der Waals surface area contributed by atoms with Crippen molar-refractivity contribution in [1.29, 1.82) is 0 Å². The third kappa shape index (κ3) is 3.45. The summed E-state index contributed by atoms with van der Waals surface area (Å²) >= 11 is 5.80. The molecule has 1 saturated carbocycles. The molecule has 8 heteroatoms. The number of piperazine rings is 1. The second-order valence-corrected chi connectivity index (χ2v) is 7.77. The van der Waals surface area contributed by atoms with Gasteiger partial charge in [0.2, 0.25) is 0 Å². The Morgan fingerprint density at radius 3 is 2.43 bits per heavy atom. The van der Waals surface area contributed by atoms with Crippen LogP contribution in [0.25, 0.3) is 11.4 Å². The van der Waals surface area contributed by atoms with Crippen LogP contribution in [0.15, 0.2) is 49.1 Å². The lowest BCUT2D eigenvalue weighted by atomic mass is 10.3. The molecule has 144 valence electrons. The summed E-state index contributed by atoms with van der Waals surface area (Å²) in [7, 11) is 0. The second kappa shape index (κ2) is 7.44. The van der Waals surface area contributed by atoms with Crippen molar-refractivity contribution in [3.8, 4) is 11.4 Å². The Morgan fingerprint density at radius 1 is 0.964 bits per heavy atom. The minimum Gasteiger partial charge on any atom is -0.369 e. The minimum atomic E-state index is 0.486. The van der Waals surface area contributed by atoms with Crippen LogP contribution >= 0.6 is 12.2 Å². The monoisotopic (exact) mass is 393 g/mol. The Labute approximate surface area is 169 Å². The maximum Gasteiger partial charge on any atom is 0.199 e. The highest BCUT2D eigenvalue weighted by molar-refractivity contribution is 7.71. The average molecular weight is 394 g/mol. The van der Waals surface area contributed by atoms with E-state index in [0.717, 1.165) is 49.0 Å². The Kier molecular flexibility index (Phi) is 4.66. The van der Waals surface area contributed by atoms with Crippen LogP contribution in [-0.2, 0) is 6.67 Å². The first-order chi connectivity index (χ1) is 13.8. The molecule has 3 aromatic heterocycles. The zero-order valence-electron chi connectivity index (χ0n) is 15.7. The number of rotatable bonds is 5. The molecule has 0 aromatic carbocycles. The lowest BCUT2D eigenvalue weighted by Crippen LogP contribution is -2.47. The molecule has 2 fully saturated rings. The maximum absolute atomic E-state index is 5.80. The zero-order valence-corrected chi connectivity index (χ0v) is 16.5. The molecule has 0 spiro atoms. The van der Waals surface area contributed by atoms with Gasteiger partial charge in [0.15, 0.2) is 10.6 Å². The first-order valence-corrected chi connectivity index (χ1v) is 10.2. The lowest BCUT2D eigenvalue weighted by Gasteiger charge is -2.35. The van der Waals surface area contributed by atoms with Crippen molar-refractivity contribution < 1.29 is 0 Å². The molecule has 0 amide bonds. The van der Waals surface area contributed by atoms with E-state index in [-0.39, 0.29) is 0 Å². The first kappa shape index (κ1) is 17.5. The minimum absolute atomic E-state index is 0.486. The Bertz CT molecular complexity index is 986. The topological polar surface area (TPSA) is 55.0 Å². The van der Waals surface area contributed by atoms with E-state index in [1.54, 1.807) is 6.20 Å². The van der Waals surface area contributed by atoms with E-state index in [2.05, 4.69) is 42.5 Å². The molecule has 1 saturated heterocycles. The molecule has 1 aliphatic carbocycles. The molecular formula is C20H23N7S. The SMILES string of the molecule is S=c1n(CN2CCN(c3ccncc3)CC2)nc(-c2cccnc2)n1C1CC1. The highest BCUT2D eigenvalue weighted by atomic mass is 32.1. The fourth-order valence-corrected chi connectivity index (χ4v) is 4.09. The van der Waals surface area contributed by atoms with Crippen LogP contribution in [0.3, 0.4) is 0 Å². The van der Waals surface area contributed by atoms with Gasteiger partial charge >= 0.3 is 0 Å². The fraction of sp³-hybridized carbons (Fsp3) is 0.400. The van der Waals surface area contributed by atoms with E-state index in [4.69, 9.17) is 17.3 Å². The molecule has 4 heterocycles. The van der Waals surface area contributed by atoms with Crippen molar-refractivity contribution in [3.05, 3.63) is 53.8 Å². The van der Waals surface area contributed by atoms with E-state index >= 15 is 0 Å². The van der Waals surface area contributed by atoms with Crippen molar-refractivity contribution in [2.24, 2.45) is 0 Å². The van der Waals surface area contributed by atoms with Crippen LogP contribution in [-0.4, -0.2) is 55.4 Å². The number of anilines is 1. The zero-order chi connectivity index (χ0) is 18.9. The standard InChI is InChI=1S/C20H23N7S/c28-20-26(15-24-10-12-25(13-11-24)17-5-8-21-9-6-17)23-19(27(20)18-3-4-18)16-2-1-7-22-14-16/h1-2,5-9,14,18H,3-4,10-13,15H2. The number of hydrogen-bond acceptors (Lipinski definition) is 6. The van der Waals surface area contributed by atoms with Gasteiger partial charge in [-0.05, 0) is 49.3 Å². The van der Waals surface area contributed by atoms with Crippen LogP contribution in [0, 0.1) is 4.77 Å². The fourth-order valence-electron chi connectivity index (χ4n) is 3.76. The Hall–Kier alpha value is -2.58. The van der Waals surface area contributed by atoms with Gasteiger partial charge in [0, 0.05) is 68.3 Å². The highest BCUT2D eigenvalue weighted by Crippen LogP contribution is 2.38. The molecule has 5 rings (SSSR count). The third-order valence-electron chi connectivity index (χ3n) is 5.44. The molecule has 7 nitrogen and oxygen atoms in total. The van der Waals surface area contributed by atoms with Crippen LogP contribution in [0.4, 0.5) is 5.69 Å². The second-order valence-electron chi connectivity index (χ2n) is 7.40. The third-order valence-corrected chi connectivity index (χ3v) is 5.84. The lowest BCUT2D eigenvalue weighted by molar-refractivity contribution is 0.194. The maximum atomic E-state index is 5.80. The summed E-state index contributed by atoms with van der Waals surface area (Å²) in [5.74, 6) is 0.941. The van der Waals surface area contributed by atoms with E-state index in [0.29, 0.717) is 6.04 Å². The van der Waals surface area contributed by atoms with Gasteiger partial charge in [-0.1, -0.05) is 0 Å². The largest absolute Gasteiger partial charge is 0.369 e. The van der Waals surface area contributed by atoms with Gasteiger partial charge in [-0.2, -0.15) is 5.10 Å². The summed E-state index contributed by atoms with van der Waals surface area (Å²) < 4.78 is 5.02. The van der Waals surface area contributed by atoms with Gasteiger partial charge in [0.05, 0.1) is 6.67 Å². The first-order valence-electron chi connectivity index (χ1n) is 9.77. The van der Waals surface area contributed by atoms with Crippen LogP contribution in [0.5, 0.6) is 0 Å². The van der Waals surface area contributed by atoms with E-state index in [9.17, 15) is 0 Å². The molecule has 0 radical (unpaired) electrons. The number of aromatic nitrogens is 5. The van der Waals surface area contributed by atoms with Gasteiger partial charge in [-0.25, -0.2) is 4.68 Å². The van der Waals surface area contributed by atoms with Crippen molar-refractivity contribution >= 4 is 17.9 Å². The van der Waals surface area contributed by atoms with Crippen LogP contribution in [0.2, 0.25) is 0 Å². The molecule has 3 aromatic rings. The summed E-state index contributed by atoms with van der Waals surface area (Å²) in [6.45, 7) is 4.70. The normalized spacial score (nSPS) is 17.8. The molecule has 0 unspecified atom stereocenters. The molecule has 1 aliphatic heterocycles. The molecule has 2 aliphatic rings. The van der Waals surface area contributed by atoms with E-state index in [1.165, 1.54) is 18.5 Å². The number of pyridine rings is 2. The molecule has 28 heavy (non-hydrogen) atoms. The van der Waals surface area contributed by atoms with Crippen LogP contribution in [0.1, 0.15) is 18.9 Å². The summed E-state index contributed by atoms with van der Waals surface area (Å²) in [5.41, 5.74) is 2.27. The Balaban J connectivity index is 1.33. The van der Waals surface area contributed by atoms with Gasteiger partial charge in [-0.15, -0.1) is 0 Å². The predicted octanol–water partition coefficient (Wildman–Crippen LogP) is 2.99. The quantitative estimate of drug-likeness (QED) is 0.621. The van der Waals surface area contributed by atoms with Crippen molar-refractivity contribution in [2.75, 3.05) is 31.1 Å². The Morgan fingerprint density at radius 2 is 1.75 bits per heavy atom. The van der Waals surface area contributed by atoms with Crippen LogP contribution < -0.4 is 4.90 Å². The molecule has 0 bridgehead atoms. The van der Waals surface area contributed by atoms with E-state index < -0.39 is 0 Å². The molecular weight excluding hydrogens is 370 g/mol. The molecule has 0 atom stereocenters. The number of hydrogen-bond donors (Lipinski definition) is 0. The summed E-state index contributed by atoms with van der Waals surface area (Å²) in [6.07, 6.45) is 9.72. The van der Waals surface area contributed by atoms with Crippen molar-refractivity contribution in [3.63, 3.8) is 0 Å². The van der Waals surface area contributed by atoms with Gasteiger partial charge in [0.25, 0.3) is 0 Å². The van der Waals surface area contributed by atoms with Gasteiger partial charge in [0.1, 0.15) is 0 Å². The summed E-state index contributed by atoms with van der Waals surface area (Å²) in [4.78, 5) is 13.2. The number of nitrogens with zero attached hydrogens (tertiary/aromatic N) is 7. The van der Waals surface area contributed by atoms with E-state index in [1.807, 2.05) is 29.3 Å². The van der Waals surface area contributed by atoms with Crippen molar-refractivity contribution in [2.45, 2.75) is 25.6 Å². The average Bonchev–Trinajstić information content (AvgIpc) is 3.54. The van der Waals surface area contributed by atoms with Gasteiger partial charge in [-0.3, -0.25) is 19.4 Å².